The standard InChI is InChI=1S/C14H21NO2/c1-16-14-5-3-2-4-13(14)11-15-10-12-6-8-17-9-7-12/h2-5,12,15H,6-11H2,1H3. The summed E-state index contributed by atoms with van der Waals surface area (Å²) in [5.74, 6) is 1.73. The van der Waals surface area contributed by atoms with E-state index in [0.29, 0.717) is 0 Å². The van der Waals surface area contributed by atoms with E-state index in [9.17, 15) is 0 Å². The van der Waals surface area contributed by atoms with Crippen LogP contribution in [0.4, 0.5) is 0 Å². The Balaban J connectivity index is 1.77. The highest BCUT2D eigenvalue weighted by Gasteiger charge is 2.13. The summed E-state index contributed by atoms with van der Waals surface area (Å²) in [4.78, 5) is 0. The number of rotatable bonds is 5. The molecule has 3 nitrogen and oxygen atoms in total. The minimum atomic E-state index is 0.762. The second-order valence-corrected chi connectivity index (χ2v) is 4.50. The van der Waals surface area contributed by atoms with Crippen LogP contribution in [-0.2, 0) is 11.3 Å². The van der Waals surface area contributed by atoms with Gasteiger partial charge in [-0.3, -0.25) is 0 Å². The van der Waals surface area contributed by atoms with E-state index in [1.165, 1.54) is 18.4 Å². The third kappa shape index (κ3) is 3.72. The molecule has 0 radical (unpaired) electrons. The van der Waals surface area contributed by atoms with Crippen molar-refractivity contribution in [3.63, 3.8) is 0 Å². The molecule has 0 spiro atoms. The van der Waals surface area contributed by atoms with Crippen LogP contribution in [0.2, 0.25) is 0 Å². The highest BCUT2D eigenvalue weighted by atomic mass is 16.5. The Hall–Kier alpha value is -1.06. The van der Waals surface area contributed by atoms with E-state index in [4.69, 9.17) is 9.47 Å². The predicted octanol–water partition coefficient (Wildman–Crippen LogP) is 2.21. The van der Waals surface area contributed by atoms with Crippen LogP contribution in [0.1, 0.15) is 18.4 Å². The lowest BCUT2D eigenvalue weighted by molar-refractivity contribution is 0.0662. The van der Waals surface area contributed by atoms with Crippen molar-refractivity contribution in [3.8, 4) is 5.75 Å². The van der Waals surface area contributed by atoms with Crippen molar-refractivity contribution in [1.82, 2.24) is 5.32 Å². The van der Waals surface area contributed by atoms with Crippen LogP contribution in [0.25, 0.3) is 0 Å². The van der Waals surface area contributed by atoms with Crippen LogP contribution < -0.4 is 10.1 Å². The van der Waals surface area contributed by atoms with E-state index >= 15 is 0 Å². The Labute approximate surface area is 103 Å². The van der Waals surface area contributed by atoms with Crippen molar-refractivity contribution < 1.29 is 9.47 Å². The van der Waals surface area contributed by atoms with Crippen molar-refractivity contribution in [2.24, 2.45) is 5.92 Å². The maximum atomic E-state index is 5.35. The van der Waals surface area contributed by atoms with Gasteiger partial charge in [-0.1, -0.05) is 18.2 Å². The Morgan fingerprint density at radius 2 is 2.06 bits per heavy atom. The highest BCUT2D eigenvalue weighted by molar-refractivity contribution is 5.32. The molecule has 1 aliphatic rings. The molecule has 1 aromatic carbocycles. The number of hydrogen-bond donors (Lipinski definition) is 1. The van der Waals surface area contributed by atoms with Gasteiger partial charge in [0.15, 0.2) is 0 Å². The molecule has 1 heterocycles. The van der Waals surface area contributed by atoms with Crippen molar-refractivity contribution in [2.45, 2.75) is 19.4 Å². The van der Waals surface area contributed by atoms with E-state index in [0.717, 1.165) is 38.0 Å². The Bertz CT molecular complexity index is 335. The zero-order chi connectivity index (χ0) is 11.9. The van der Waals surface area contributed by atoms with Gasteiger partial charge in [-0.15, -0.1) is 0 Å². The summed E-state index contributed by atoms with van der Waals surface area (Å²) in [5, 5.41) is 3.51. The van der Waals surface area contributed by atoms with Crippen LogP contribution >= 0.6 is 0 Å². The van der Waals surface area contributed by atoms with Crippen LogP contribution in [0.3, 0.4) is 0 Å². The monoisotopic (exact) mass is 235 g/mol. The third-order valence-electron chi connectivity index (χ3n) is 3.28. The van der Waals surface area contributed by atoms with E-state index < -0.39 is 0 Å². The van der Waals surface area contributed by atoms with Gasteiger partial charge in [-0.2, -0.15) is 0 Å². The van der Waals surface area contributed by atoms with Crippen molar-refractivity contribution >= 4 is 0 Å². The Kier molecular flexibility index (Phi) is 4.83. The normalized spacial score (nSPS) is 17.0. The SMILES string of the molecule is COc1ccccc1CNCC1CCOCC1. The molecule has 0 aliphatic carbocycles. The molecular formula is C14H21NO2. The molecule has 0 amide bonds. The molecule has 0 saturated carbocycles. The highest BCUT2D eigenvalue weighted by Crippen LogP contribution is 2.17. The quantitative estimate of drug-likeness (QED) is 0.848. The van der Waals surface area contributed by atoms with Gasteiger partial charge in [-0.05, 0) is 31.4 Å². The van der Waals surface area contributed by atoms with Crippen LogP contribution in [0.5, 0.6) is 5.75 Å². The number of para-hydroxylation sites is 1. The number of hydrogen-bond acceptors (Lipinski definition) is 3. The molecule has 0 aromatic heterocycles. The van der Waals surface area contributed by atoms with Gasteiger partial charge in [0.25, 0.3) is 0 Å². The fourth-order valence-corrected chi connectivity index (χ4v) is 2.21. The molecule has 17 heavy (non-hydrogen) atoms. The van der Waals surface area contributed by atoms with Crippen LogP contribution in [-0.4, -0.2) is 26.9 Å². The predicted molar refractivity (Wildman–Crippen MR) is 68.2 cm³/mol. The van der Waals surface area contributed by atoms with Crippen LogP contribution in [0, 0.1) is 5.92 Å². The fourth-order valence-electron chi connectivity index (χ4n) is 2.21. The van der Waals surface area contributed by atoms with Gasteiger partial charge < -0.3 is 14.8 Å². The molecule has 0 bridgehead atoms. The topological polar surface area (TPSA) is 30.5 Å². The van der Waals surface area contributed by atoms with Crippen molar-refractivity contribution in [2.75, 3.05) is 26.9 Å². The molecule has 1 saturated heterocycles. The lowest BCUT2D eigenvalue weighted by Gasteiger charge is -2.22. The molecule has 1 aliphatic heterocycles. The summed E-state index contributed by atoms with van der Waals surface area (Å²) in [6.45, 7) is 3.78. The molecule has 1 N–H and O–H groups in total. The number of nitrogens with one attached hydrogen (secondary N) is 1. The molecule has 2 rings (SSSR count). The maximum absolute atomic E-state index is 5.35. The summed E-state index contributed by atoms with van der Waals surface area (Å²) in [7, 11) is 1.72. The molecular weight excluding hydrogens is 214 g/mol. The van der Waals surface area contributed by atoms with Gasteiger partial charge in [0, 0.05) is 25.3 Å². The van der Waals surface area contributed by atoms with E-state index in [2.05, 4.69) is 11.4 Å². The number of methoxy groups -OCH3 is 1. The summed E-state index contributed by atoms with van der Waals surface area (Å²) in [5.41, 5.74) is 1.22. The van der Waals surface area contributed by atoms with E-state index in [1.807, 2.05) is 18.2 Å². The van der Waals surface area contributed by atoms with Crippen molar-refractivity contribution in [3.05, 3.63) is 29.8 Å². The smallest absolute Gasteiger partial charge is 0.123 e. The summed E-state index contributed by atoms with van der Waals surface area (Å²) in [6, 6.07) is 8.16. The summed E-state index contributed by atoms with van der Waals surface area (Å²) >= 11 is 0. The minimum absolute atomic E-state index is 0.762. The second-order valence-electron chi connectivity index (χ2n) is 4.50. The maximum Gasteiger partial charge on any atom is 0.123 e. The first-order valence-electron chi connectivity index (χ1n) is 6.30. The third-order valence-corrected chi connectivity index (χ3v) is 3.28. The average molecular weight is 235 g/mol. The zero-order valence-electron chi connectivity index (χ0n) is 10.4. The number of ether oxygens (including phenoxy) is 2. The molecule has 94 valence electrons. The lowest BCUT2D eigenvalue weighted by atomic mass is 10.0. The van der Waals surface area contributed by atoms with Gasteiger partial charge in [-0.25, -0.2) is 0 Å². The van der Waals surface area contributed by atoms with Crippen LogP contribution in [0.15, 0.2) is 24.3 Å². The van der Waals surface area contributed by atoms with Gasteiger partial charge >= 0.3 is 0 Å². The van der Waals surface area contributed by atoms with E-state index in [-0.39, 0.29) is 0 Å². The Morgan fingerprint density at radius 3 is 2.82 bits per heavy atom. The molecule has 1 aromatic rings. The van der Waals surface area contributed by atoms with Gasteiger partial charge in [0.1, 0.15) is 5.75 Å². The first-order chi connectivity index (χ1) is 8.40. The first-order valence-corrected chi connectivity index (χ1v) is 6.30. The lowest BCUT2D eigenvalue weighted by Crippen LogP contribution is -2.27. The summed E-state index contributed by atoms with van der Waals surface area (Å²) < 4.78 is 10.7. The number of benzene rings is 1. The summed E-state index contributed by atoms with van der Waals surface area (Å²) in [6.07, 6.45) is 2.36. The molecule has 0 atom stereocenters. The van der Waals surface area contributed by atoms with Crippen molar-refractivity contribution in [1.29, 1.82) is 0 Å². The zero-order valence-corrected chi connectivity index (χ0v) is 10.4. The second kappa shape index (κ2) is 6.62. The largest absolute Gasteiger partial charge is 0.496 e. The average Bonchev–Trinajstić information content (AvgIpc) is 2.40. The Morgan fingerprint density at radius 1 is 1.29 bits per heavy atom. The van der Waals surface area contributed by atoms with Gasteiger partial charge in [0.2, 0.25) is 0 Å². The molecule has 3 heteroatoms. The molecule has 0 unspecified atom stereocenters. The minimum Gasteiger partial charge on any atom is -0.496 e. The van der Waals surface area contributed by atoms with Gasteiger partial charge in [0.05, 0.1) is 7.11 Å². The first kappa shape index (κ1) is 12.4. The van der Waals surface area contributed by atoms with E-state index in [1.54, 1.807) is 7.11 Å². The molecule has 1 fully saturated rings. The fraction of sp³-hybridized carbons (Fsp3) is 0.571.